The quantitative estimate of drug-likeness (QED) is 0.640. The van der Waals surface area contributed by atoms with Gasteiger partial charge in [0.25, 0.3) is 0 Å². The van der Waals surface area contributed by atoms with Gasteiger partial charge in [-0.2, -0.15) is 0 Å². The molecule has 1 aliphatic carbocycles. The maximum Gasteiger partial charge on any atom is 0.138 e. The molecule has 0 saturated heterocycles. The molecule has 3 nitrogen and oxygen atoms in total. The number of hydrogen-bond donors (Lipinski definition) is 1. The molecule has 0 radical (unpaired) electrons. The molecule has 116 valence electrons. The minimum Gasteiger partial charge on any atom is -0.373 e. The van der Waals surface area contributed by atoms with E-state index >= 15 is 0 Å². The maximum absolute atomic E-state index is 5.03. The molecule has 1 aromatic carbocycles. The summed E-state index contributed by atoms with van der Waals surface area (Å²) in [4.78, 5) is 5.03. The van der Waals surface area contributed by atoms with Gasteiger partial charge in [-0.3, -0.25) is 0 Å². The number of imidazole rings is 1. The Balaban J connectivity index is 1.86. The van der Waals surface area contributed by atoms with Gasteiger partial charge in [0.1, 0.15) is 5.65 Å². The zero-order valence-corrected chi connectivity index (χ0v) is 13.5. The first-order valence-corrected chi connectivity index (χ1v) is 8.64. The number of hydrogen-bond acceptors (Lipinski definition) is 2. The van der Waals surface area contributed by atoms with Gasteiger partial charge in [-0.15, -0.1) is 0 Å². The Labute approximate surface area is 136 Å². The standard InChI is InChI=1S/C20H21N3/c1-14-9-12-23-17(13-14)21-18-15-7-3-4-8-16(15)22-20(19(18)23)10-5-2-6-11-20/h3-4,7-9,12-13,22H,2,5-6,10-11H2,1H3. The largest absolute Gasteiger partial charge is 0.373 e. The van der Waals surface area contributed by atoms with Gasteiger partial charge < -0.3 is 9.72 Å². The predicted molar refractivity (Wildman–Crippen MR) is 93.8 cm³/mol. The van der Waals surface area contributed by atoms with Crippen LogP contribution in [0.4, 0.5) is 5.69 Å². The molecule has 3 heterocycles. The highest BCUT2D eigenvalue weighted by atomic mass is 15.1. The SMILES string of the molecule is Cc1ccn2c3c(nc2c1)-c1ccccc1NC31CCCCC1. The van der Waals surface area contributed by atoms with Gasteiger partial charge in [-0.05, 0) is 43.5 Å². The molecule has 1 N–H and O–H groups in total. The van der Waals surface area contributed by atoms with Crippen LogP contribution < -0.4 is 5.32 Å². The van der Waals surface area contributed by atoms with Crippen LogP contribution in [0.15, 0.2) is 42.6 Å². The molecule has 2 aliphatic rings. The van der Waals surface area contributed by atoms with Gasteiger partial charge in [-0.25, -0.2) is 4.98 Å². The monoisotopic (exact) mass is 303 g/mol. The second kappa shape index (κ2) is 4.60. The van der Waals surface area contributed by atoms with Crippen LogP contribution in [0.3, 0.4) is 0 Å². The third-order valence-corrected chi connectivity index (χ3v) is 5.50. The van der Waals surface area contributed by atoms with Gasteiger partial charge >= 0.3 is 0 Å². The summed E-state index contributed by atoms with van der Waals surface area (Å²) in [5.74, 6) is 0. The molecule has 1 saturated carbocycles. The van der Waals surface area contributed by atoms with Crippen LogP contribution in [0, 0.1) is 6.92 Å². The number of aromatic nitrogens is 2. The second-order valence-corrected chi connectivity index (χ2v) is 7.05. The summed E-state index contributed by atoms with van der Waals surface area (Å²) in [5.41, 5.74) is 7.38. The first kappa shape index (κ1) is 13.2. The molecule has 1 aliphatic heterocycles. The topological polar surface area (TPSA) is 29.3 Å². The van der Waals surface area contributed by atoms with Crippen molar-refractivity contribution in [2.45, 2.75) is 44.6 Å². The molecular formula is C20H21N3. The minimum absolute atomic E-state index is 0.0383. The van der Waals surface area contributed by atoms with Crippen LogP contribution in [0.5, 0.6) is 0 Å². The highest BCUT2D eigenvalue weighted by Crippen LogP contribution is 2.49. The minimum atomic E-state index is 0.0383. The second-order valence-electron chi connectivity index (χ2n) is 7.05. The van der Waals surface area contributed by atoms with Crippen LogP contribution in [0.25, 0.3) is 16.9 Å². The van der Waals surface area contributed by atoms with E-state index in [0.29, 0.717) is 0 Å². The number of pyridine rings is 1. The van der Waals surface area contributed by atoms with Crippen LogP contribution in [-0.4, -0.2) is 9.38 Å². The summed E-state index contributed by atoms with van der Waals surface area (Å²) in [6.07, 6.45) is 8.49. The number of nitrogens with one attached hydrogen (secondary N) is 1. The van der Waals surface area contributed by atoms with E-state index in [0.717, 1.165) is 5.65 Å². The van der Waals surface area contributed by atoms with Crippen molar-refractivity contribution in [1.82, 2.24) is 9.38 Å². The lowest BCUT2D eigenvalue weighted by Crippen LogP contribution is -2.41. The molecule has 3 heteroatoms. The first-order valence-electron chi connectivity index (χ1n) is 8.64. The Hall–Kier alpha value is -2.29. The van der Waals surface area contributed by atoms with Crippen molar-refractivity contribution in [2.75, 3.05) is 5.32 Å². The number of fused-ring (bicyclic) bond motifs is 6. The number of nitrogens with zero attached hydrogens (tertiary/aromatic N) is 2. The van der Waals surface area contributed by atoms with E-state index in [1.165, 1.54) is 60.3 Å². The van der Waals surface area contributed by atoms with Crippen molar-refractivity contribution in [2.24, 2.45) is 0 Å². The first-order chi connectivity index (χ1) is 11.3. The molecule has 23 heavy (non-hydrogen) atoms. The number of rotatable bonds is 0. The van der Waals surface area contributed by atoms with Crippen molar-refractivity contribution in [3.63, 3.8) is 0 Å². The lowest BCUT2D eigenvalue weighted by Gasteiger charge is -2.42. The van der Waals surface area contributed by atoms with Gasteiger partial charge in [0.2, 0.25) is 0 Å². The van der Waals surface area contributed by atoms with E-state index in [4.69, 9.17) is 4.98 Å². The van der Waals surface area contributed by atoms with Crippen molar-refractivity contribution in [3.05, 3.63) is 53.9 Å². The normalized spacial score (nSPS) is 18.5. The smallest absolute Gasteiger partial charge is 0.138 e. The lowest BCUT2D eigenvalue weighted by atomic mass is 9.75. The summed E-state index contributed by atoms with van der Waals surface area (Å²) in [5, 5.41) is 3.90. The molecule has 5 rings (SSSR count). The fourth-order valence-corrected chi connectivity index (χ4v) is 4.42. The Kier molecular flexibility index (Phi) is 2.64. The van der Waals surface area contributed by atoms with Crippen LogP contribution >= 0.6 is 0 Å². The number of anilines is 1. The van der Waals surface area contributed by atoms with Gasteiger partial charge in [0.05, 0.1) is 16.9 Å². The van der Waals surface area contributed by atoms with E-state index < -0.39 is 0 Å². The van der Waals surface area contributed by atoms with E-state index in [2.05, 4.69) is 59.2 Å². The summed E-state index contributed by atoms with van der Waals surface area (Å²) in [6, 6.07) is 13.0. The zero-order valence-electron chi connectivity index (χ0n) is 13.5. The van der Waals surface area contributed by atoms with E-state index in [1.807, 2.05) is 0 Å². The average Bonchev–Trinajstić information content (AvgIpc) is 2.95. The zero-order chi connectivity index (χ0) is 15.4. The fraction of sp³-hybridized carbons (Fsp3) is 0.350. The summed E-state index contributed by atoms with van der Waals surface area (Å²) in [7, 11) is 0. The molecule has 0 amide bonds. The van der Waals surface area contributed by atoms with Gasteiger partial charge in [0.15, 0.2) is 0 Å². The van der Waals surface area contributed by atoms with Crippen molar-refractivity contribution >= 4 is 11.3 Å². The molecule has 0 bridgehead atoms. The molecule has 2 aromatic heterocycles. The van der Waals surface area contributed by atoms with Crippen molar-refractivity contribution in [3.8, 4) is 11.3 Å². The van der Waals surface area contributed by atoms with E-state index in [1.54, 1.807) is 0 Å². The summed E-state index contributed by atoms with van der Waals surface area (Å²) >= 11 is 0. The molecular weight excluding hydrogens is 282 g/mol. The Morgan fingerprint density at radius 1 is 1.09 bits per heavy atom. The van der Waals surface area contributed by atoms with Crippen molar-refractivity contribution in [1.29, 1.82) is 0 Å². The lowest BCUT2D eigenvalue weighted by molar-refractivity contribution is 0.320. The summed E-state index contributed by atoms with van der Waals surface area (Å²) < 4.78 is 2.32. The Morgan fingerprint density at radius 2 is 1.91 bits per heavy atom. The Bertz CT molecular complexity index is 900. The van der Waals surface area contributed by atoms with Gasteiger partial charge in [0, 0.05) is 17.4 Å². The number of para-hydroxylation sites is 1. The van der Waals surface area contributed by atoms with E-state index in [9.17, 15) is 0 Å². The third-order valence-electron chi connectivity index (χ3n) is 5.50. The molecule has 3 aromatic rings. The van der Waals surface area contributed by atoms with Crippen LogP contribution in [0.1, 0.15) is 43.4 Å². The molecule has 0 unspecified atom stereocenters. The molecule has 1 fully saturated rings. The average molecular weight is 303 g/mol. The fourth-order valence-electron chi connectivity index (χ4n) is 4.42. The highest BCUT2D eigenvalue weighted by Gasteiger charge is 2.42. The van der Waals surface area contributed by atoms with E-state index in [-0.39, 0.29) is 5.54 Å². The predicted octanol–water partition coefficient (Wildman–Crippen LogP) is 4.89. The number of aryl methyl sites for hydroxylation is 1. The third kappa shape index (κ3) is 1.79. The Morgan fingerprint density at radius 3 is 2.78 bits per heavy atom. The molecule has 1 spiro atoms. The molecule has 0 atom stereocenters. The maximum atomic E-state index is 5.03. The summed E-state index contributed by atoms with van der Waals surface area (Å²) in [6.45, 7) is 2.14. The number of benzene rings is 1. The van der Waals surface area contributed by atoms with Gasteiger partial charge in [-0.1, -0.05) is 37.5 Å². The van der Waals surface area contributed by atoms with Crippen molar-refractivity contribution < 1.29 is 0 Å². The van der Waals surface area contributed by atoms with Crippen LogP contribution in [-0.2, 0) is 5.54 Å². The highest BCUT2D eigenvalue weighted by molar-refractivity contribution is 5.83. The van der Waals surface area contributed by atoms with Crippen LogP contribution in [0.2, 0.25) is 0 Å².